The number of aromatic nitrogens is 6. The average Bonchev–Trinajstić information content (AvgIpc) is 3.14. The van der Waals surface area contributed by atoms with Gasteiger partial charge in [-0.1, -0.05) is 5.16 Å². The second-order valence-corrected chi connectivity index (χ2v) is 8.14. The van der Waals surface area contributed by atoms with Crippen molar-refractivity contribution in [1.82, 2.24) is 35.0 Å². The van der Waals surface area contributed by atoms with Gasteiger partial charge in [-0.05, 0) is 45.7 Å². The molecule has 0 aliphatic heterocycles. The molecule has 1 atom stereocenters. The van der Waals surface area contributed by atoms with Crippen LogP contribution in [-0.4, -0.2) is 41.7 Å². The van der Waals surface area contributed by atoms with Gasteiger partial charge in [0.25, 0.3) is 11.6 Å². The van der Waals surface area contributed by atoms with Gasteiger partial charge in [0.05, 0.1) is 23.7 Å². The normalized spacial score (nSPS) is 14.8. The molecule has 0 bridgehead atoms. The third-order valence-electron chi connectivity index (χ3n) is 5.76. The second kappa shape index (κ2) is 7.64. The van der Waals surface area contributed by atoms with Gasteiger partial charge in [0.15, 0.2) is 0 Å². The molecule has 5 rings (SSSR count). The summed E-state index contributed by atoms with van der Waals surface area (Å²) in [5.74, 6) is 0.217. The number of hydrogen-bond acceptors (Lipinski definition) is 6. The van der Waals surface area contributed by atoms with E-state index in [-0.39, 0.29) is 11.9 Å². The molecule has 1 saturated carbocycles. The zero-order valence-corrected chi connectivity index (χ0v) is 17.9. The Morgan fingerprint density at radius 1 is 1.35 bits per heavy atom. The van der Waals surface area contributed by atoms with Crippen LogP contribution in [0.3, 0.4) is 0 Å². The maximum Gasteiger partial charge on any atom is 0.259 e. The topological polar surface area (TPSA) is 104 Å². The van der Waals surface area contributed by atoms with E-state index in [9.17, 15) is 4.79 Å². The molecular weight excluding hydrogens is 394 g/mol. The minimum absolute atomic E-state index is 0.104. The van der Waals surface area contributed by atoms with E-state index in [1.165, 1.54) is 0 Å². The molecule has 0 aromatic carbocycles. The highest BCUT2D eigenvalue weighted by molar-refractivity contribution is 6.09. The molecular formula is C22H25N7O2. The van der Waals surface area contributed by atoms with Crippen molar-refractivity contribution in [2.75, 3.05) is 0 Å². The first-order valence-corrected chi connectivity index (χ1v) is 10.7. The molecule has 0 radical (unpaired) electrons. The lowest BCUT2D eigenvalue weighted by Gasteiger charge is -2.15. The van der Waals surface area contributed by atoms with E-state index < -0.39 is 0 Å². The average molecular weight is 419 g/mol. The zero-order valence-electron chi connectivity index (χ0n) is 17.9. The maximum absolute atomic E-state index is 13.4. The number of aryl methyl sites for hydroxylation is 1. The molecule has 9 heteroatoms. The summed E-state index contributed by atoms with van der Waals surface area (Å²) in [6, 6.07) is 3.66. The summed E-state index contributed by atoms with van der Waals surface area (Å²) in [4.78, 5) is 18.0. The number of hydrogen-bond donors (Lipinski definition) is 1. The van der Waals surface area contributed by atoms with E-state index in [0.717, 1.165) is 36.3 Å². The van der Waals surface area contributed by atoms with Crippen molar-refractivity contribution in [1.29, 1.82) is 0 Å². The molecule has 1 N–H and O–H groups in total. The van der Waals surface area contributed by atoms with Crippen molar-refractivity contribution >= 4 is 17.0 Å². The van der Waals surface area contributed by atoms with Gasteiger partial charge in [0.2, 0.25) is 0 Å². The van der Waals surface area contributed by atoms with E-state index in [1.807, 2.05) is 43.8 Å². The van der Waals surface area contributed by atoms with E-state index in [0.29, 0.717) is 34.8 Å². The minimum atomic E-state index is -0.168. The lowest BCUT2D eigenvalue weighted by Crippen LogP contribution is -2.36. The number of carbonyl (C=O) groups excluding carboxylic acids is 1. The first-order chi connectivity index (χ1) is 15.0. The molecule has 160 valence electrons. The third-order valence-corrected chi connectivity index (χ3v) is 5.76. The molecule has 4 aromatic heterocycles. The minimum Gasteiger partial charge on any atom is -0.348 e. The van der Waals surface area contributed by atoms with Gasteiger partial charge in [-0.3, -0.25) is 14.2 Å². The summed E-state index contributed by atoms with van der Waals surface area (Å²) in [5, 5.41) is 16.7. The van der Waals surface area contributed by atoms with Gasteiger partial charge in [0, 0.05) is 47.8 Å². The highest BCUT2D eigenvalue weighted by atomic mass is 16.5. The molecule has 31 heavy (non-hydrogen) atoms. The number of nitrogens with one attached hydrogen (secondary N) is 1. The fraction of sp³-hybridized carbons (Fsp3) is 0.409. The lowest BCUT2D eigenvalue weighted by atomic mass is 10.0. The van der Waals surface area contributed by atoms with Crippen molar-refractivity contribution in [3.63, 3.8) is 0 Å². The van der Waals surface area contributed by atoms with Gasteiger partial charge >= 0.3 is 0 Å². The molecule has 1 amide bonds. The molecule has 4 heterocycles. The molecule has 1 fully saturated rings. The predicted molar refractivity (Wildman–Crippen MR) is 115 cm³/mol. The Labute approximate surface area is 179 Å². The molecule has 0 saturated heterocycles. The maximum atomic E-state index is 13.4. The molecule has 9 nitrogen and oxygen atoms in total. The fourth-order valence-electron chi connectivity index (χ4n) is 3.96. The summed E-state index contributed by atoms with van der Waals surface area (Å²) >= 11 is 0. The third kappa shape index (κ3) is 3.60. The highest BCUT2D eigenvalue weighted by Crippen LogP contribution is 2.41. The van der Waals surface area contributed by atoms with Crippen molar-refractivity contribution < 1.29 is 9.32 Å². The summed E-state index contributed by atoms with van der Waals surface area (Å²) < 4.78 is 9.31. The monoisotopic (exact) mass is 419 g/mol. The van der Waals surface area contributed by atoms with Crippen LogP contribution in [0.1, 0.15) is 54.4 Å². The van der Waals surface area contributed by atoms with Crippen LogP contribution in [0.15, 0.2) is 35.2 Å². The van der Waals surface area contributed by atoms with E-state index in [2.05, 4.69) is 25.7 Å². The van der Waals surface area contributed by atoms with Gasteiger partial charge in [-0.15, -0.1) is 0 Å². The number of carbonyl (C=O) groups is 1. The van der Waals surface area contributed by atoms with Crippen LogP contribution in [0.25, 0.3) is 22.4 Å². The van der Waals surface area contributed by atoms with E-state index >= 15 is 0 Å². The second-order valence-electron chi connectivity index (χ2n) is 8.14. The molecule has 1 aliphatic carbocycles. The van der Waals surface area contributed by atoms with Crippen LogP contribution in [0.4, 0.5) is 0 Å². The van der Waals surface area contributed by atoms with Crippen molar-refractivity contribution in [3.8, 4) is 11.3 Å². The Kier molecular flexibility index (Phi) is 4.80. The van der Waals surface area contributed by atoms with Crippen LogP contribution >= 0.6 is 0 Å². The summed E-state index contributed by atoms with van der Waals surface area (Å²) in [5.41, 5.74) is 4.25. The van der Waals surface area contributed by atoms with Crippen molar-refractivity contribution in [2.45, 2.75) is 58.7 Å². The van der Waals surface area contributed by atoms with Gasteiger partial charge < -0.3 is 9.84 Å². The fourth-order valence-corrected chi connectivity index (χ4v) is 3.96. The lowest BCUT2D eigenvalue weighted by molar-refractivity contribution is 0.0937. The Balaban J connectivity index is 1.55. The van der Waals surface area contributed by atoms with Crippen molar-refractivity contribution in [2.24, 2.45) is 0 Å². The number of amides is 1. The quantitative estimate of drug-likeness (QED) is 0.493. The Hall–Kier alpha value is -3.49. The first kappa shape index (κ1) is 19.5. The van der Waals surface area contributed by atoms with Crippen LogP contribution in [-0.2, 0) is 13.1 Å². The SMILES string of the molecule is CCn1ncc(-c2noc3nc(C4CC4)cc(C(=O)N[C@H](C)Cn4cccn4)c23)c1C. The van der Waals surface area contributed by atoms with Gasteiger partial charge in [-0.2, -0.15) is 10.2 Å². The van der Waals surface area contributed by atoms with Crippen LogP contribution in [0, 0.1) is 6.92 Å². The number of rotatable bonds is 7. The first-order valence-electron chi connectivity index (χ1n) is 10.7. The molecule has 0 spiro atoms. The summed E-state index contributed by atoms with van der Waals surface area (Å²) in [6.45, 7) is 7.33. The molecule has 0 unspecified atom stereocenters. The smallest absolute Gasteiger partial charge is 0.259 e. The number of fused-ring (bicyclic) bond motifs is 1. The standard InChI is InChI=1S/C22H25N7O2/c1-4-29-14(3)17(11-24-29)20-19-16(10-18(15-6-7-15)26-22(19)31-27-20)21(30)25-13(2)12-28-9-5-8-23-28/h5,8-11,13,15H,4,6-7,12H2,1-3H3,(H,25,30)/t13-/m1/s1. The summed E-state index contributed by atoms with van der Waals surface area (Å²) in [6.07, 6.45) is 7.54. The Morgan fingerprint density at radius 2 is 2.19 bits per heavy atom. The largest absolute Gasteiger partial charge is 0.348 e. The van der Waals surface area contributed by atoms with E-state index in [1.54, 1.807) is 17.1 Å². The Bertz CT molecular complexity index is 1230. The molecule has 1 aliphatic rings. The number of pyridine rings is 1. The van der Waals surface area contributed by atoms with E-state index in [4.69, 9.17) is 4.52 Å². The number of nitrogens with zero attached hydrogens (tertiary/aromatic N) is 6. The van der Waals surface area contributed by atoms with Crippen molar-refractivity contribution in [3.05, 3.63) is 47.7 Å². The predicted octanol–water partition coefficient (Wildman–Crippen LogP) is 3.31. The highest BCUT2D eigenvalue weighted by Gasteiger charge is 2.30. The zero-order chi connectivity index (χ0) is 21.5. The van der Waals surface area contributed by atoms with Gasteiger partial charge in [0.1, 0.15) is 5.69 Å². The van der Waals surface area contributed by atoms with Crippen LogP contribution < -0.4 is 5.32 Å². The van der Waals surface area contributed by atoms with Gasteiger partial charge in [-0.25, -0.2) is 4.98 Å². The summed E-state index contributed by atoms with van der Waals surface area (Å²) in [7, 11) is 0. The van der Waals surface area contributed by atoms with Crippen LogP contribution in [0.2, 0.25) is 0 Å². The Morgan fingerprint density at radius 3 is 2.87 bits per heavy atom. The molecule has 4 aromatic rings. The van der Waals surface area contributed by atoms with Crippen LogP contribution in [0.5, 0.6) is 0 Å².